The van der Waals surface area contributed by atoms with Gasteiger partial charge < -0.3 is 9.84 Å². The summed E-state index contributed by atoms with van der Waals surface area (Å²) in [7, 11) is 0. The Kier molecular flexibility index (Phi) is 5.35. The van der Waals surface area contributed by atoms with Crippen LogP contribution in [0.15, 0.2) is 58.8 Å². The van der Waals surface area contributed by atoms with Crippen LogP contribution in [0.4, 0.5) is 9.18 Å². The summed E-state index contributed by atoms with van der Waals surface area (Å²) < 4.78 is 19.1. The molecule has 1 aromatic heterocycles. The molecule has 2 aromatic carbocycles. The van der Waals surface area contributed by atoms with Gasteiger partial charge in [-0.15, -0.1) is 0 Å². The molecule has 0 saturated carbocycles. The van der Waals surface area contributed by atoms with Gasteiger partial charge in [0.25, 0.3) is 5.89 Å². The molecule has 1 N–H and O–H groups in total. The molecule has 0 radical (unpaired) electrons. The zero-order valence-electron chi connectivity index (χ0n) is 17.1. The van der Waals surface area contributed by atoms with E-state index in [-0.39, 0.29) is 11.8 Å². The fourth-order valence-corrected chi connectivity index (χ4v) is 3.61. The van der Waals surface area contributed by atoms with Crippen molar-refractivity contribution in [3.8, 4) is 11.4 Å². The number of nitrogens with one attached hydrogen (secondary N) is 1. The van der Waals surface area contributed by atoms with Gasteiger partial charge in [-0.1, -0.05) is 54.0 Å². The number of nitrogens with zero attached hydrogens (tertiary/aromatic N) is 3. The Hall–Kier alpha value is -3.48. The fraction of sp³-hybridized carbons (Fsp3) is 0.261. The van der Waals surface area contributed by atoms with Crippen LogP contribution < -0.4 is 5.32 Å². The number of rotatable bonds is 5. The van der Waals surface area contributed by atoms with Crippen LogP contribution in [-0.2, 0) is 0 Å². The summed E-state index contributed by atoms with van der Waals surface area (Å²) in [6, 6.07) is 13.2. The first-order chi connectivity index (χ1) is 14.5. The molecule has 0 fully saturated rings. The highest BCUT2D eigenvalue weighted by molar-refractivity contribution is 5.86. The van der Waals surface area contributed by atoms with Crippen molar-refractivity contribution in [2.45, 2.75) is 33.2 Å². The number of benzene rings is 2. The highest BCUT2D eigenvalue weighted by Crippen LogP contribution is 2.37. The summed E-state index contributed by atoms with van der Waals surface area (Å²) >= 11 is 0. The van der Waals surface area contributed by atoms with E-state index in [1.807, 2.05) is 45.0 Å². The van der Waals surface area contributed by atoms with Crippen LogP contribution in [-0.4, -0.2) is 27.6 Å². The van der Waals surface area contributed by atoms with Gasteiger partial charge in [0.15, 0.2) is 0 Å². The molecule has 0 spiro atoms. The molecule has 0 saturated heterocycles. The molecule has 30 heavy (non-hydrogen) atoms. The van der Waals surface area contributed by atoms with Gasteiger partial charge in [-0.2, -0.15) is 4.98 Å². The first-order valence-corrected chi connectivity index (χ1v) is 9.93. The van der Waals surface area contributed by atoms with Crippen molar-refractivity contribution in [1.82, 2.24) is 20.4 Å². The normalized spacial score (nSPS) is 16.7. The van der Waals surface area contributed by atoms with Crippen LogP contribution in [0, 0.1) is 12.7 Å². The molecule has 2 heterocycles. The first-order valence-electron chi connectivity index (χ1n) is 9.93. The largest absolute Gasteiger partial charge is 0.334 e. The lowest BCUT2D eigenvalue weighted by Gasteiger charge is -2.35. The number of amides is 2. The van der Waals surface area contributed by atoms with Gasteiger partial charge in [-0.25, -0.2) is 9.18 Å². The molecular formula is C23H23FN4O2. The second kappa shape index (κ2) is 8.10. The maximum atomic E-state index is 13.5. The third-order valence-corrected chi connectivity index (χ3v) is 5.21. The Morgan fingerprint density at radius 3 is 2.47 bits per heavy atom. The second-order valence-corrected chi connectivity index (χ2v) is 7.37. The van der Waals surface area contributed by atoms with Crippen LogP contribution in [0.5, 0.6) is 0 Å². The fourth-order valence-electron chi connectivity index (χ4n) is 3.61. The quantitative estimate of drug-likeness (QED) is 0.641. The lowest BCUT2D eigenvalue weighted by Crippen LogP contribution is -2.46. The molecule has 6 nitrogen and oxygen atoms in total. The van der Waals surface area contributed by atoms with Crippen molar-refractivity contribution in [2.75, 3.05) is 6.54 Å². The number of carbonyl (C=O) groups is 1. The zero-order chi connectivity index (χ0) is 21.3. The van der Waals surface area contributed by atoms with Gasteiger partial charge in [0.2, 0.25) is 5.82 Å². The SMILES string of the molecule is CCCN1C(=O)NC(c2ccc(F)cc2)C(c2nc(-c3ccc(C)cc3)no2)=C1C. The zero-order valence-corrected chi connectivity index (χ0v) is 17.1. The van der Waals surface area contributed by atoms with Crippen molar-refractivity contribution < 1.29 is 13.7 Å². The smallest absolute Gasteiger partial charge is 0.322 e. The van der Waals surface area contributed by atoms with Crippen molar-refractivity contribution in [3.63, 3.8) is 0 Å². The van der Waals surface area contributed by atoms with E-state index >= 15 is 0 Å². The number of hydrogen-bond donors (Lipinski definition) is 1. The molecule has 7 heteroatoms. The molecule has 0 bridgehead atoms. The maximum absolute atomic E-state index is 13.5. The predicted molar refractivity (Wildman–Crippen MR) is 112 cm³/mol. The summed E-state index contributed by atoms with van der Waals surface area (Å²) in [6.07, 6.45) is 0.803. The molecule has 2 amide bonds. The summed E-state index contributed by atoms with van der Waals surface area (Å²) in [5.41, 5.74) is 4.18. The van der Waals surface area contributed by atoms with E-state index in [1.54, 1.807) is 17.0 Å². The van der Waals surface area contributed by atoms with E-state index < -0.39 is 6.04 Å². The van der Waals surface area contributed by atoms with Crippen LogP contribution in [0.2, 0.25) is 0 Å². The number of hydrogen-bond acceptors (Lipinski definition) is 4. The lowest BCUT2D eigenvalue weighted by molar-refractivity contribution is 0.205. The number of carbonyl (C=O) groups excluding carboxylic acids is 1. The Bertz CT molecular complexity index is 1090. The molecule has 154 valence electrons. The Labute approximate surface area is 174 Å². The topological polar surface area (TPSA) is 71.3 Å². The molecule has 0 aliphatic carbocycles. The van der Waals surface area contributed by atoms with E-state index in [0.717, 1.165) is 28.8 Å². The standard InChI is InChI=1S/C23H23FN4O2/c1-4-13-28-15(3)19(20(25-23(28)29)16-9-11-18(24)12-10-16)22-26-21(27-30-22)17-7-5-14(2)6-8-17/h5-12,20H,4,13H2,1-3H3,(H,25,29). The van der Waals surface area contributed by atoms with E-state index in [2.05, 4.69) is 15.5 Å². The highest BCUT2D eigenvalue weighted by atomic mass is 19.1. The molecule has 4 rings (SSSR count). The van der Waals surface area contributed by atoms with Gasteiger partial charge in [-0.05, 0) is 38.0 Å². The van der Waals surface area contributed by atoms with Crippen molar-refractivity contribution in [3.05, 3.63) is 77.1 Å². The third kappa shape index (κ3) is 3.70. The Morgan fingerprint density at radius 1 is 1.10 bits per heavy atom. The monoisotopic (exact) mass is 406 g/mol. The Morgan fingerprint density at radius 2 is 1.80 bits per heavy atom. The average molecular weight is 406 g/mol. The van der Waals surface area contributed by atoms with Crippen molar-refractivity contribution >= 4 is 11.6 Å². The van der Waals surface area contributed by atoms with E-state index in [1.165, 1.54) is 12.1 Å². The maximum Gasteiger partial charge on any atom is 0.322 e. The minimum atomic E-state index is -0.516. The van der Waals surface area contributed by atoms with Gasteiger partial charge in [0, 0.05) is 17.8 Å². The minimum Gasteiger partial charge on any atom is -0.334 e. The van der Waals surface area contributed by atoms with E-state index in [9.17, 15) is 9.18 Å². The van der Waals surface area contributed by atoms with Crippen molar-refractivity contribution in [2.24, 2.45) is 0 Å². The lowest BCUT2D eigenvalue weighted by atomic mass is 9.94. The molecule has 1 atom stereocenters. The van der Waals surface area contributed by atoms with Crippen LogP contribution in [0.3, 0.4) is 0 Å². The number of aromatic nitrogens is 2. The van der Waals surface area contributed by atoms with Crippen LogP contribution >= 0.6 is 0 Å². The second-order valence-electron chi connectivity index (χ2n) is 7.37. The number of allylic oxidation sites excluding steroid dienone is 1. The van der Waals surface area contributed by atoms with E-state index in [0.29, 0.717) is 23.8 Å². The summed E-state index contributed by atoms with van der Waals surface area (Å²) in [6.45, 7) is 6.46. The Balaban J connectivity index is 1.80. The first kappa shape index (κ1) is 19.8. The van der Waals surface area contributed by atoms with Gasteiger partial charge in [0.1, 0.15) is 5.82 Å². The summed E-state index contributed by atoms with van der Waals surface area (Å²) in [5, 5.41) is 7.15. The number of urea groups is 1. The summed E-state index contributed by atoms with van der Waals surface area (Å²) in [4.78, 5) is 19.0. The van der Waals surface area contributed by atoms with Crippen LogP contribution in [0.25, 0.3) is 17.0 Å². The highest BCUT2D eigenvalue weighted by Gasteiger charge is 2.35. The van der Waals surface area contributed by atoms with Crippen LogP contribution in [0.1, 0.15) is 43.3 Å². The number of halogens is 1. The minimum absolute atomic E-state index is 0.203. The van der Waals surface area contributed by atoms with Gasteiger partial charge in [0.05, 0.1) is 11.6 Å². The third-order valence-electron chi connectivity index (χ3n) is 5.21. The summed E-state index contributed by atoms with van der Waals surface area (Å²) in [5.74, 6) is 0.468. The number of aryl methyl sites for hydroxylation is 1. The van der Waals surface area contributed by atoms with Gasteiger partial charge in [-0.3, -0.25) is 4.90 Å². The molecule has 3 aromatic rings. The average Bonchev–Trinajstić information content (AvgIpc) is 3.21. The molecule has 1 unspecified atom stereocenters. The van der Waals surface area contributed by atoms with Gasteiger partial charge >= 0.3 is 6.03 Å². The van der Waals surface area contributed by atoms with Crippen molar-refractivity contribution in [1.29, 1.82) is 0 Å². The molecule has 1 aliphatic rings. The molecule has 1 aliphatic heterocycles. The van der Waals surface area contributed by atoms with E-state index in [4.69, 9.17) is 4.52 Å². The predicted octanol–water partition coefficient (Wildman–Crippen LogP) is 5.09. The molecular weight excluding hydrogens is 383 g/mol.